The van der Waals surface area contributed by atoms with Gasteiger partial charge in [-0.15, -0.1) is 0 Å². The third-order valence-corrected chi connectivity index (χ3v) is 5.38. The lowest BCUT2D eigenvalue weighted by molar-refractivity contribution is -0.123. The Hall–Kier alpha value is -2.73. The zero-order valence-corrected chi connectivity index (χ0v) is 14.9. The molecule has 1 saturated heterocycles. The van der Waals surface area contributed by atoms with Crippen LogP contribution in [-0.2, 0) is 26.1 Å². The lowest BCUT2D eigenvalue weighted by atomic mass is 10.2. The average molecular weight is 369 g/mol. The van der Waals surface area contributed by atoms with Gasteiger partial charge in [0.25, 0.3) is 5.91 Å². The van der Waals surface area contributed by atoms with Crippen LogP contribution in [0.3, 0.4) is 0 Å². The highest BCUT2D eigenvalue weighted by Crippen LogP contribution is 2.16. The molecule has 6 heteroatoms. The number of carbonyl (C=O) groups excluding carboxylic acids is 2. The maximum atomic E-state index is 12.4. The van der Waals surface area contributed by atoms with Crippen LogP contribution in [0.4, 0.5) is 4.79 Å². The molecule has 1 unspecified atom stereocenters. The average Bonchev–Trinajstić information content (AvgIpc) is 3.01. The minimum Gasteiger partial charge on any atom is -0.447 e. The first-order valence-electron chi connectivity index (χ1n) is 8.25. The smallest absolute Gasteiger partial charge is 0.417 e. The van der Waals surface area contributed by atoms with Crippen LogP contribution < -0.4 is 0 Å². The molecular weight excluding hydrogens is 350 g/mol. The van der Waals surface area contributed by atoms with E-state index in [4.69, 9.17) is 4.74 Å². The quantitative estimate of drug-likeness (QED) is 0.735. The summed E-state index contributed by atoms with van der Waals surface area (Å²) < 4.78 is 17.4. The van der Waals surface area contributed by atoms with E-state index in [2.05, 4.69) is 0 Å². The summed E-state index contributed by atoms with van der Waals surface area (Å²) in [5, 5.41) is 0. The molecule has 2 aromatic carbocycles. The molecule has 0 aliphatic carbocycles. The normalized spacial score (nSPS) is 18.1. The summed E-state index contributed by atoms with van der Waals surface area (Å²) in [4.78, 5) is 25.4. The Morgan fingerprint density at radius 1 is 1.12 bits per heavy atom. The molecule has 3 rings (SSSR count). The number of amides is 2. The second kappa shape index (κ2) is 8.58. The van der Waals surface area contributed by atoms with E-state index in [1.807, 2.05) is 60.7 Å². The first kappa shape index (κ1) is 18.1. The Morgan fingerprint density at radius 2 is 1.77 bits per heavy atom. The number of cyclic esters (lactones) is 1. The second-order valence-corrected chi connectivity index (χ2v) is 7.42. The van der Waals surface area contributed by atoms with Gasteiger partial charge in [0.05, 0.1) is 6.04 Å². The van der Waals surface area contributed by atoms with Gasteiger partial charge in [0.2, 0.25) is 0 Å². The SMILES string of the molecule is O=C(/C=C/c1ccccc1)N1C(=O)OC[C@@H]1CS(=O)Cc1ccccc1. The fourth-order valence-electron chi connectivity index (χ4n) is 2.70. The number of imide groups is 1. The van der Waals surface area contributed by atoms with Crippen molar-refractivity contribution in [2.45, 2.75) is 11.8 Å². The highest BCUT2D eigenvalue weighted by molar-refractivity contribution is 7.84. The van der Waals surface area contributed by atoms with Crippen molar-refractivity contribution < 1.29 is 18.5 Å². The van der Waals surface area contributed by atoms with Crippen molar-refractivity contribution in [1.82, 2.24) is 4.90 Å². The van der Waals surface area contributed by atoms with E-state index in [9.17, 15) is 13.8 Å². The van der Waals surface area contributed by atoms with Gasteiger partial charge in [-0.25, -0.2) is 9.69 Å². The number of hydrogen-bond donors (Lipinski definition) is 0. The molecule has 1 aliphatic rings. The highest BCUT2D eigenvalue weighted by atomic mass is 32.2. The Labute approximate surface area is 154 Å². The Kier molecular flexibility index (Phi) is 5.96. The molecular formula is C20H19NO4S. The van der Waals surface area contributed by atoms with Crippen LogP contribution in [0.15, 0.2) is 66.7 Å². The predicted molar refractivity (Wildman–Crippen MR) is 101 cm³/mol. The van der Waals surface area contributed by atoms with Gasteiger partial charge < -0.3 is 4.74 Å². The van der Waals surface area contributed by atoms with E-state index in [0.29, 0.717) is 5.75 Å². The van der Waals surface area contributed by atoms with Crippen LogP contribution in [0.25, 0.3) is 6.08 Å². The molecule has 1 fully saturated rings. The number of carbonyl (C=O) groups is 2. The van der Waals surface area contributed by atoms with Crippen molar-refractivity contribution in [3.63, 3.8) is 0 Å². The second-order valence-electron chi connectivity index (χ2n) is 5.92. The lowest BCUT2D eigenvalue weighted by Crippen LogP contribution is -2.41. The number of hydrogen-bond acceptors (Lipinski definition) is 4. The van der Waals surface area contributed by atoms with Gasteiger partial charge in [0.1, 0.15) is 6.61 Å². The summed E-state index contributed by atoms with van der Waals surface area (Å²) in [5.74, 6) is 0.122. The van der Waals surface area contributed by atoms with E-state index in [0.717, 1.165) is 16.0 Å². The van der Waals surface area contributed by atoms with Crippen molar-refractivity contribution in [3.05, 3.63) is 77.9 Å². The number of rotatable bonds is 6. The van der Waals surface area contributed by atoms with E-state index < -0.39 is 28.8 Å². The molecule has 0 saturated carbocycles. The summed E-state index contributed by atoms with van der Waals surface area (Å²) >= 11 is 0. The van der Waals surface area contributed by atoms with Crippen molar-refractivity contribution in [2.24, 2.45) is 0 Å². The number of benzene rings is 2. The maximum Gasteiger partial charge on any atom is 0.417 e. The summed E-state index contributed by atoms with van der Waals surface area (Å²) in [6, 6.07) is 18.3. The fourth-order valence-corrected chi connectivity index (χ4v) is 4.06. The summed E-state index contributed by atoms with van der Waals surface area (Å²) in [5.41, 5.74) is 1.82. The highest BCUT2D eigenvalue weighted by Gasteiger charge is 2.37. The van der Waals surface area contributed by atoms with Gasteiger partial charge in [-0.3, -0.25) is 9.00 Å². The summed E-state index contributed by atoms with van der Waals surface area (Å²) in [6.07, 6.45) is 2.30. The maximum absolute atomic E-state index is 12.4. The van der Waals surface area contributed by atoms with Gasteiger partial charge in [0.15, 0.2) is 0 Å². The van der Waals surface area contributed by atoms with E-state index in [1.165, 1.54) is 6.08 Å². The van der Waals surface area contributed by atoms with Crippen LogP contribution in [0, 0.1) is 0 Å². The molecule has 0 aromatic heterocycles. The zero-order valence-electron chi connectivity index (χ0n) is 14.1. The molecule has 1 aliphatic heterocycles. The Bertz CT molecular complexity index is 820. The predicted octanol–water partition coefficient (Wildman–Crippen LogP) is 3.00. The van der Waals surface area contributed by atoms with Crippen molar-refractivity contribution >= 4 is 28.9 Å². The Morgan fingerprint density at radius 3 is 2.46 bits per heavy atom. The molecule has 0 bridgehead atoms. The molecule has 0 spiro atoms. The largest absolute Gasteiger partial charge is 0.447 e. The lowest BCUT2D eigenvalue weighted by Gasteiger charge is -2.17. The molecule has 2 amide bonds. The number of ether oxygens (including phenoxy) is 1. The van der Waals surface area contributed by atoms with Crippen molar-refractivity contribution in [3.8, 4) is 0 Å². The monoisotopic (exact) mass is 369 g/mol. The van der Waals surface area contributed by atoms with Crippen LogP contribution in [0.5, 0.6) is 0 Å². The van der Waals surface area contributed by atoms with Gasteiger partial charge in [-0.2, -0.15) is 0 Å². The molecule has 0 radical (unpaired) electrons. The van der Waals surface area contributed by atoms with Gasteiger partial charge in [-0.1, -0.05) is 60.7 Å². The molecule has 2 aromatic rings. The van der Waals surface area contributed by atoms with Gasteiger partial charge in [-0.05, 0) is 17.2 Å². The molecule has 1 heterocycles. The third-order valence-electron chi connectivity index (χ3n) is 3.97. The topological polar surface area (TPSA) is 63.7 Å². The molecule has 134 valence electrons. The van der Waals surface area contributed by atoms with E-state index >= 15 is 0 Å². The molecule has 5 nitrogen and oxygen atoms in total. The summed E-state index contributed by atoms with van der Waals surface area (Å²) in [7, 11) is -1.20. The molecule has 2 atom stereocenters. The zero-order chi connectivity index (χ0) is 18.4. The Balaban J connectivity index is 1.63. The van der Waals surface area contributed by atoms with E-state index in [-0.39, 0.29) is 12.4 Å². The first-order valence-corrected chi connectivity index (χ1v) is 9.74. The van der Waals surface area contributed by atoms with Crippen molar-refractivity contribution in [2.75, 3.05) is 12.4 Å². The summed E-state index contributed by atoms with van der Waals surface area (Å²) in [6.45, 7) is 0.0737. The van der Waals surface area contributed by atoms with Crippen LogP contribution in [0.1, 0.15) is 11.1 Å². The minimum atomic E-state index is -1.20. The standard InChI is InChI=1S/C20H19NO4S/c22-19(12-11-16-7-3-1-4-8-16)21-18(13-25-20(21)23)15-26(24)14-17-9-5-2-6-10-17/h1-12,18H,13-15H2/b12-11+/t18-,26?/m1/s1. The third kappa shape index (κ3) is 4.67. The minimum absolute atomic E-state index is 0.0737. The number of nitrogens with zero attached hydrogens (tertiary/aromatic N) is 1. The molecule has 0 N–H and O–H groups in total. The first-order chi connectivity index (χ1) is 12.6. The van der Waals surface area contributed by atoms with Gasteiger partial charge in [0, 0.05) is 28.4 Å². The van der Waals surface area contributed by atoms with Crippen LogP contribution >= 0.6 is 0 Å². The van der Waals surface area contributed by atoms with Gasteiger partial charge >= 0.3 is 6.09 Å². The molecule has 26 heavy (non-hydrogen) atoms. The fraction of sp³-hybridized carbons (Fsp3) is 0.200. The van der Waals surface area contributed by atoms with Crippen LogP contribution in [-0.4, -0.2) is 39.5 Å². The van der Waals surface area contributed by atoms with Crippen LogP contribution in [0.2, 0.25) is 0 Å². The van der Waals surface area contributed by atoms with E-state index in [1.54, 1.807) is 6.08 Å². The van der Waals surface area contributed by atoms with Crippen molar-refractivity contribution in [1.29, 1.82) is 0 Å².